The Labute approximate surface area is 212 Å². The second kappa shape index (κ2) is 9.65. The van der Waals surface area contributed by atoms with Crippen molar-refractivity contribution < 1.29 is 23.5 Å². The number of hydrogen-bond donors (Lipinski definition) is 0. The van der Waals surface area contributed by atoms with Crippen LogP contribution in [0.3, 0.4) is 0 Å². The number of amides is 2. The highest BCUT2D eigenvalue weighted by atomic mass is 19.1. The molecule has 3 heterocycles. The van der Waals surface area contributed by atoms with Crippen molar-refractivity contribution in [2.75, 3.05) is 57.8 Å². The number of esters is 1. The van der Waals surface area contributed by atoms with Crippen molar-refractivity contribution in [2.45, 2.75) is 57.1 Å². The summed E-state index contributed by atoms with van der Waals surface area (Å²) in [5.41, 5.74) is -0.102. The third kappa shape index (κ3) is 4.69. The van der Waals surface area contributed by atoms with Crippen LogP contribution >= 0.6 is 0 Å². The highest BCUT2D eigenvalue weighted by Crippen LogP contribution is 2.47. The Balaban J connectivity index is 1.08. The molecule has 0 bridgehead atoms. The first kappa shape index (κ1) is 25.0. The van der Waals surface area contributed by atoms with Crippen molar-refractivity contribution in [1.29, 1.82) is 0 Å². The van der Waals surface area contributed by atoms with Crippen molar-refractivity contribution in [1.82, 2.24) is 14.7 Å². The molecule has 196 valence electrons. The number of rotatable bonds is 6. The Kier molecular flexibility index (Phi) is 6.70. The van der Waals surface area contributed by atoms with E-state index in [2.05, 4.69) is 9.80 Å². The van der Waals surface area contributed by atoms with Gasteiger partial charge in [0, 0.05) is 71.9 Å². The lowest BCUT2D eigenvalue weighted by Crippen LogP contribution is -2.54. The van der Waals surface area contributed by atoms with Crippen molar-refractivity contribution >= 4 is 23.5 Å². The summed E-state index contributed by atoms with van der Waals surface area (Å²) in [7, 11) is 1.71. The van der Waals surface area contributed by atoms with E-state index >= 15 is 0 Å². The van der Waals surface area contributed by atoms with Gasteiger partial charge >= 0.3 is 5.97 Å². The van der Waals surface area contributed by atoms with Gasteiger partial charge in [-0.25, -0.2) is 4.39 Å². The van der Waals surface area contributed by atoms with Crippen LogP contribution in [0.25, 0.3) is 0 Å². The van der Waals surface area contributed by atoms with Crippen LogP contribution in [0.5, 0.6) is 0 Å². The van der Waals surface area contributed by atoms with E-state index < -0.39 is 11.0 Å². The molecule has 1 aromatic carbocycles. The van der Waals surface area contributed by atoms with Crippen molar-refractivity contribution in [3.63, 3.8) is 0 Å². The van der Waals surface area contributed by atoms with Gasteiger partial charge in [0.2, 0.25) is 11.8 Å². The van der Waals surface area contributed by atoms with Crippen LogP contribution in [0.1, 0.15) is 45.4 Å². The topological polar surface area (TPSA) is 73.4 Å². The third-order valence-electron chi connectivity index (χ3n) is 8.90. The summed E-state index contributed by atoms with van der Waals surface area (Å²) in [6, 6.07) is 6.66. The fourth-order valence-electron chi connectivity index (χ4n) is 6.16. The van der Waals surface area contributed by atoms with Gasteiger partial charge in [-0.05, 0) is 56.4 Å². The Bertz CT molecular complexity index is 996. The van der Waals surface area contributed by atoms with E-state index in [1.807, 2.05) is 17.0 Å². The molecule has 1 spiro atoms. The number of carbonyl (C=O) groups excluding carboxylic acids is 3. The van der Waals surface area contributed by atoms with Crippen LogP contribution in [0.4, 0.5) is 10.1 Å². The zero-order valence-corrected chi connectivity index (χ0v) is 21.4. The number of cyclic esters (lactones) is 1. The first-order chi connectivity index (χ1) is 17.2. The molecule has 8 nitrogen and oxygen atoms in total. The third-order valence-corrected chi connectivity index (χ3v) is 8.90. The van der Waals surface area contributed by atoms with Gasteiger partial charge in [0.25, 0.3) is 0 Å². The summed E-state index contributed by atoms with van der Waals surface area (Å²) in [5, 5.41) is 0. The summed E-state index contributed by atoms with van der Waals surface area (Å²) in [6.07, 6.45) is 4.15. The number of halogens is 1. The predicted octanol–water partition coefficient (Wildman–Crippen LogP) is 2.27. The minimum atomic E-state index is -0.671. The van der Waals surface area contributed by atoms with Gasteiger partial charge in [-0.2, -0.15) is 0 Å². The van der Waals surface area contributed by atoms with Crippen LogP contribution in [0, 0.1) is 11.2 Å². The Hall–Kier alpha value is -2.68. The molecule has 1 atom stereocenters. The van der Waals surface area contributed by atoms with Gasteiger partial charge in [0.15, 0.2) is 0 Å². The second-order valence-electron chi connectivity index (χ2n) is 11.0. The molecular weight excluding hydrogens is 463 g/mol. The number of carbonyl (C=O) groups is 3. The number of anilines is 1. The molecule has 4 fully saturated rings. The molecule has 36 heavy (non-hydrogen) atoms. The van der Waals surface area contributed by atoms with Crippen molar-refractivity contribution in [3.8, 4) is 0 Å². The van der Waals surface area contributed by atoms with Crippen LogP contribution < -0.4 is 4.90 Å². The van der Waals surface area contributed by atoms with Gasteiger partial charge in [0.05, 0.1) is 5.41 Å². The first-order valence-corrected chi connectivity index (χ1v) is 13.2. The zero-order chi connectivity index (χ0) is 25.5. The standard InChI is InChI=1S/C27H37FN4O4/c1-20(33)29(2)27(8-9-27)24(34)32-13-10-26(11-14-32)19-23(36-25(26)35)7-12-30-15-17-31(18-16-30)22-5-3-21(28)4-6-22/h3-6,23H,7-19H2,1-2H3/t23-/m0/s1. The number of ether oxygens (including phenoxy) is 1. The Morgan fingerprint density at radius 3 is 2.25 bits per heavy atom. The number of likely N-dealkylation sites (N-methyl/N-ethyl adjacent to an activating group) is 1. The van der Waals surface area contributed by atoms with E-state index in [0.29, 0.717) is 38.8 Å². The van der Waals surface area contributed by atoms with Gasteiger partial charge in [0.1, 0.15) is 17.5 Å². The molecule has 0 aromatic heterocycles. The molecule has 3 saturated heterocycles. The maximum atomic E-state index is 13.2. The maximum absolute atomic E-state index is 13.2. The number of likely N-dealkylation sites (tertiary alicyclic amines) is 1. The summed E-state index contributed by atoms with van der Waals surface area (Å²) in [6.45, 7) is 7.11. The normalized spacial score (nSPS) is 25.1. The number of hydrogen-bond acceptors (Lipinski definition) is 6. The highest BCUT2D eigenvalue weighted by molar-refractivity contribution is 5.94. The lowest BCUT2D eigenvalue weighted by Gasteiger charge is -2.39. The van der Waals surface area contributed by atoms with E-state index in [4.69, 9.17) is 4.74 Å². The molecule has 1 aliphatic carbocycles. The van der Waals surface area contributed by atoms with Crippen molar-refractivity contribution in [2.24, 2.45) is 5.41 Å². The minimum absolute atomic E-state index is 0.0257. The van der Waals surface area contributed by atoms with Gasteiger partial charge < -0.3 is 19.4 Å². The molecule has 1 aromatic rings. The number of piperazine rings is 1. The first-order valence-electron chi connectivity index (χ1n) is 13.2. The highest BCUT2D eigenvalue weighted by Gasteiger charge is 2.58. The number of piperidine rings is 1. The van der Waals surface area contributed by atoms with Gasteiger partial charge in [-0.15, -0.1) is 0 Å². The van der Waals surface area contributed by atoms with Crippen LogP contribution in [0.15, 0.2) is 24.3 Å². The largest absolute Gasteiger partial charge is 0.462 e. The average Bonchev–Trinajstić information content (AvgIpc) is 3.64. The molecular formula is C27H37FN4O4. The molecule has 0 N–H and O–H groups in total. The second-order valence-corrected chi connectivity index (χ2v) is 11.0. The van der Waals surface area contributed by atoms with Crippen LogP contribution in [-0.4, -0.2) is 97.0 Å². The SMILES string of the molecule is CC(=O)N(C)C1(C(=O)N2CCC3(CC2)C[C@H](CCN2CCN(c4ccc(F)cc4)CC2)OC3=O)CC1. The minimum Gasteiger partial charge on any atom is -0.462 e. The summed E-state index contributed by atoms with van der Waals surface area (Å²) in [5.74, 6) is -0.389. The van der Waals surface area contributed by atoms with E-state index in [1.54, 1.807) is 11.9 Å². The molecule has 4 aliphatic rings. The number of benzene rings is 1. The fraction of sp³-hybridized carbons (Fsp3) is 0.667. The lowest BCUT2D eigenvalue weighted by molar-refractivity contribution is -0.154. The van der Waals surface area contributed by atoms with E-state index in [1.165, 1.54) is 19.1 Å². The van der Waals surface area contributed by atoms with E-state index in [9.17, 15) is 18.8 Å². The maximum Gasteiger partial charge on any atom is 0.312 e. The summed E-state index contributed by atoms with van der Waals surface area (Å²) >= 11 is 0. The summed E-state index contributed by atoms with van der Waals surface area (Å²) in [4.78, 5) is 46.0. The van der Waals surface area contributed by atoms with Crippen LogP contribution in [0.2, 0.25) is 0 Å². The molecule has 5 rings (SSSR count). The monoisotopic (exact) mass is 500 g/mol. The van der Waals surface area contributed by atoms with E-state index in [0.717, 1.165) is 51.3 Å². The van der Waals surface area contributed by atoms with Gasteiger partial charge in [-0.1, -0.05) is 0 Å². The molecule has 1 saturated carbocycles. The lowest BCUT2D eigenvalue weighted by atomic mass is 9.75. The Morgan fingerprint density at radius 1 is 1.03 bits per heavy atom. The predicted molar refractivity (Wildman–Crippen MR) is 133 cm³/mol. The molecule has 0 radical (unpaired) electrons. The summed E-state index contributed by atoms with van der Waals surface area (Å²) < 4.78 is 19.0. The van der Waals surface area contributed by atoms with Crippen molar-refractivity contribution in [3.05, 3.63) is 30.1 Å². The average molecular weight is 501 g/mol. The fourth-order valence-corrected chi connectivity index (χ4v) is 6.16. The van der Waals surface area contributed by atoms with Gasteiger partial charge in [-0.3, -0.25) is 19.3 Å². The molecule has 9 heteroatoms. The van der Waals surface area contributed by atoms with E-state index in [-0.39, 0.29) is 29.7 Å². The number of nitrogens with zero attached hydrogens (tertiary/aromatic N) is 4. The molecule has 0 unspecified atom stereocenters. The zero-order valence-electron chi connectivity index (χ0n) is 21.4. The van der Waals surface area contributed by atoms with Crippen LogP contribution in [-0.2, 0) is 19.1 Å². The smallest absolute Gasteiger partial charge is 0.312 e. The Morgan fingerprint density at radius 2 is 1.67 bits per heavy atom. The quantitative estimate of drug-likeness (QED) is 0.558. The molecule has 3 aliphatic heterocycles. The molecule has 2 amide bonds.